The van der Waals surface area contributed by atoms with E-state index in [9.17, 15) is 4.79 Å². The molecule has 0 aliphatic rings. The summed E-state index contributed by atoms with van der Waals surface area (Å²) < 4.78 is 5.20. The number of furan rings is 1. The van der Waals surface area contributed by atoms with E-state index in [1.165, 1.54) is 12.1 Å². The number of phenolic OH excluding ortho intramolecular Hbond substituents is 1. The van der Waals surface area contributed by atoms with Crippen LogP contribution in [0.5, 0.6) is 5.75 Å². The van der Waals surface area contributed by atoms with E-state index >= 15 is 0 Å². The lowest BCUT2D eigenvalue weighted by Crippen LogP contribution is -2.10. The third-order valence-corrected chi connectivity index (χ3v) is 2.41. The number of hydrogen-bond acceptors (Lipinski definition) is 3. The fourth-order valence-corrected chi connectivity index (χ4v) is 1.45. The number of carbonyl (C=O) groups is 1. The Bertz CT molecular complexity index is 519. The first-order valence-corrected chi connectivity index (χ1v) is 5.47. The first-order valence-electron chi connectivity index (χ1n) is 4.94. The lowest BCUT2D eigenvalue weighted by molar-refractivity contribution is 0.0995. The van der Waals surface area contributed by atoms with Crippen LogP contribution < -0.4 is 5.32 Å². The quantitative estimate of drug-likeness (QED) is 0.651. The van der Waals surface area contributed by atoms with Crippen LogP contribution in [0.2, 0.25) is 0 Å². The van der Waals surface area contributed by atoms with Crippen LogP contribution in [0.25, 0.3) is 0 Å². The summed E-state index contributed by atoms with van der Waals surface area (Å²) in [7, 11) is 0. The summed E-state index contributed by atoms with van der Waals surface area (Å²) in [5, 5.41) is 11.7. The molecule has 1 heterocycles. The van der Waals surface area contributed by atoms with E-state index in [2.05, 4.69) is 5.32 Å². The van der Waals surface area contributed by atoms with Crippen molar-refractivity contribution in [2.75, 3.05) is 5.32 Å². The summed E-state index contributed by atoms with van der Waals surface area (Å²) in [5.41, 5.74) is 0.580. The molecular weight excluding hydrogens is 242 g/mol. The number of phenols is 1. The minimum Gasteiger partial charge on any atom is -0.508 e. The third-order valence-electron chi connectivity index (χ3n) is 2.14. The Labute approximate surface area is 103 Å². The average Bonchev–Trinajstić information content (AvgIpc) is 2.81. The Morgan fingerprint density at radius 1 is 1.24 bits per heavy atom. The fraction of sp³-hybridized carbons (Fsp3) is 0.0833. The second-order valence-electron chi connectivity index (χ2n) is 3.40. The van der Waals surface area contributed by atoms with Gasteiger partial charge in [0.25, 0.3) is 5.91 Å². The standard InChI is InChI=1S/C12H10ClNO3/c13-7-10-5-6-11(17-10)12(16)14-8-1-3-9(15)4-2-8/h1-6,15H,7H2,(H,14,16). The molecule has 88 valence electrons. The lowest BCUT2D eigenvalue weighted by atomic mass is 10.3. The van der Waals surface area contributed by atoms with Gasteiger partial charge in [0.1, 0.15) is 11.5 Å². The first kappa shape index (κ1) is 11.5. The highest BCUT2D eigenvalue weighted by Crippen LogP contribution is 2.16. The minimum absolute atomic E-state index is 0.144. The molecule has 0 saturated heterocycles. The van der Waals surface area contributed by atoms with Gasteiger partial charge in [-0.2, -0.15) is 0 Å². The molecule has 1 amide bonds. The number of benzene rings is 1. The molecule has 1 aromatic heterocycles. The number of carbonyl (C=O) groups excluding carboxylic acids is 1. The zero-order valence-electron chi connectivity index (χ0n) is 8.81. The van der Waals surface area contributed by atoms with Crippen LogP contribution in [0, 0.1) is 0 Å². The van der Waals surface area contributed by atoms with Crippen LogP contribution in [-0.2, 0) is 5.88 Å². The second-order valence-corrected chi connectivity index (χ2v) is 3.67. The van der Waals surface area contributed by atoms with Crippen LogP contribution >= 0.6 is 11.6 Å². The molecule has 2 rings (SSSR count). The summed E-state index contributed by atoms with van der Waals surface area (Å²) in [6.07, 6.45) is 0. The Hall–Kier alpha value is -1.94. The van der Waals surface area contributed by atoms with Gasteiger partial charge in [-0.05, 0) is 36.4 Å². The number of halogens is 1. The number of hydrogen-bond donors (Lipinski definition) is 2. The van der Waals surface area contributed by atoms with E-state index < -0.39 is 0 Å². The number of amides is 1. The summed E-state index contributed by atoms with van der Waals surface area (Å²) >= 11 is 5.57. The average molecular weight is 252 g/mol. The molecule has 1 aromatic carbocycles. The van der Waals surface area contributed by atoms with Gasteiger partial charge in [-0.1, -0.05) is 0 Å². The van der Waals surface area contributed by atoms with Gasteiger partial charge >= 0.3 is 0 Å². The molecule has 4 nitrogen and oxygen atoms in total. The van der Waals surface area contributed by atoms with Gasteiger partial charge in [0.05, 0.1) is 5.88 Å². The van der Waals surface area contributed by atoms with Crippen molar-refractivity contribution in [3.05, 3.63) is 47.9 Å². The van der Waals surface area contributed by atoms with E-state index in [1.54, 1.807) is 24.3 Å². The van der Waals surface area contributed by atoms with Crippen molar-refractivity contribution in [3.8, 4) is 5.75 Å². The molecule has 0 saturated carbocycles. The van der Waals surface area contributed by atoms with Crippen molar-refractivity contribution in [3.63, 3.8) is 0 Å². The number of aromatic hydroxyl groups is 1. The number of rotatable bonds is 3. The van der Waals surface area contributed by atoms with E-state index in [4.69, 9.17) is 21.1 Å². The summed E-state index contributed by atoms with van der Waals surface area (Å²) in [4.78, 5) is 11.7. The number of anilines is 1. The highest BCUT2D eigenvalue weighted by atomic mass is 35.5. The highest BCUT2D eigenvalue weighted by molar-refractivity contribution is 6.16. The zero-order chi connectivity index (χ0) is 12.3. The first-order chi connectivity index (χ1) is 8.19. The van der Waals surface area contributed by atoms with Gasteiger partial charge < -0.3 is 14.8 Å². The Kier molecular flexibility index (Phi) is 3.35. The minimum atomic E-state index is -0.355. The molecule has 0 radical (unpaired) electrons. The number of nitrogens with one attached hydrogen (secondary N) is 1. The maximum Gasteiger partial charge on any atom is 0.291 e. The van der Waals surface area contributed by atoms with Gasteiger partial charge in [-0.25, -0.2) is 0 Å². The summed E-state index contributed by atoms with van der Waals surface area (Å²) in [5.74, 6) is 0.765. The summed E-state index contributed by atoms with van der Waals surface area (Å²) in [6.45, 7) is 0. The molecule has 2 aromatic rings. The van der Waals surface area contributed by atoms with Gasteiger partial charge in [-0.15, -0.1) is 11.6 Å². The summed E-state index contributed by atoms with van der Waals surface area (Å²) in [6, 6.07) is 9.38. The lowest BCUT2D eigenvalue weighted by Gasteiger charge is -2.02. The molecule has 0 atom stereocenters. The molecule has 0 spiro atoms. The van der Waals surface area contributed by atoms with Crippen molar-refractivity contribution in [1.29, 1.82) is 0 Å². The molecule has 17 heavy (non-hydrogen) atoms. The van der Waals surface area contributed by atoms with E-state index in [0.717, 1.165) is 0 Å². The third kappa shape index (κ3) is 2.79. The van der Waals surface area contributed by atoms with Gasteiger partial charge in [0.15, 0.2) is 5.76 Å². The van der Waals surface area contributed by atoms with Crippen molar-refractivity contribution in [2.45, 2.75) is 5.88 Å². The van der Waals surface area contributed by atoms with Crippen LogP contribution in [0.1, 0.15) is 16.3 Å². The normalized spacial score (nSPS) is 10.2. The van der Waals surface area contributed by atoms with Gasteiger partial charge in [0, 0.05) is 5.69 Å². The maximum absolute atomic E-state index is 11.7. The number of alkyl halides is 1. The van der Waals surface area contributed by atoms with Gasteiger partial charge in [0.2, 0.25) is 0 Å². The molecule has 0 aliphatic carbocycles. The van der Waals surface area contributed by atoms with Gasteiger partial charge in [-0.3, -0.25) is 4.79 Å². The van der Waals surface area contributed by atoms with Crippen LogP contribution in [0.3, 0.4) is 0 Å². The van der Waals surface area contributed by atoms with Crippen LogP contribution in [0.15, 0.2) is 40.8 Å². The van der Waals surface area contributed by atoms with E-state index in [1.807, 2.05) is 0 Å². The monoisotopic (exact) mass is 251 g/mol. The predicted octanol–water partition coefficient (Wildman–Crippen LogP) is 2.98. The topological polar surface area (TPSA) is 62.5 Å². The molecule has 0 bridgehead atoms. The van der Waals surface area contributed by atoms with Crippen molar-refractivity contribution < 1.29 is 14.3 Å². The molecule has 0 fully saturated rings. The van der Waals surface area contributed by atoms with Crippen molar-refractivity contribution in [1.82, 2.24) is 0 Å². The molecule has 2 N–H and O–H groups in total. The van der Waals surface area contributed by atoms with Crippen LogP contribution in [0.4, 0.5) is 5.69 Å². The Morgan fingerprint density at radius 3 is 2.53 bits per heavy atom. The van der Waals surface area contributed by atoms with E-state index in [0.29, 0.717) is 11.4 Å². The SMILES string of the molecule is O=C(Nc1ccc(O)cc1)c1ccc(CCl)o1. The predicted molar refractivity (Wildman–Crippen MR) is 64.3 cm³/mol. The second kappa shape index (κ2) is 4.93. The Morgan fingerprint density at radius 2 is 1.94 bits per heavy atom. The van der Waals surface area contributed by atoms with Crippen molar-refractivity contribution in [2.24, 2.45) is 0 Å². The molecule has 5 heteroatoms. The molecule has 0 aliphatic heterocycles. The molecular formula is C12H10ClNO3. The van der Waals surface area contributed by atoms with Crippen LogP contribution in [-0.4, -0.2) is 11.0 Å². The van der Waals surface area contributed by atoms with E-state index in [-0.39, 0.29) is 23.3 Å². The Balaban J connectivity index is 2.08. The zero-order valence-corrected chi connectivity index (χ0v) is 9.57. The largest absolute Gasteiger partial charge is 0.508 e. The molecule has 0 unspecified atom stereocenters. The highest BCUT2D eigenvalue weighted by Gasteiger charge is 2.10. The fourth-order valence-electron chi connectivity index (χ4n) is 1.31. The maximum atomic E-state index is 11.7. The smallest absolute Gasteiger partial charge is 0.291 e. The van der Waals surface area contributed by atoms with Crippen molar-refractivity contribution >= 4 is 23.2 Å².